The summed E-state index contributed by atoms with van der Waals surface area (Å²) in [7, 11) is -1.94. The van der Waals surface area contributed by atoms with Gasteiger partial charge in [-0.2, -0.15) is 4.31 Å². The third-order valence-corrected chi connectivity index (χ3v) is 8.35. The molecular formula is C25H31N3O4S2. The second-order valence-corrected chi connectivity index (χ2v) is 11.2. The molecule has 0 aliphatic carbocycles. The molecule has 0 bridgehead atoms. The van der Waals surface area contributed by atoms with Crippen molar-refractivity contribution in [2.24, 2.45) is 4.99 Å². The summed E-state index contributed by atoms with van der Waals surface area (Å²) >= 11 is 1.54. The highest BCUT2D eigenvalue weighted by atomic mass is 32.2. The van der Waals surface area contributed by atoms with Gasteiger partial charge in [-0.15, -0.1) is 11.3 Å². The number of hydrogen-bond acceptors (Lipinski definition) is 6. The van der Waals surface area contributed by atoms with Crippen molar-refractivity contribution in [1.82, 2.24) is 8.87 Å². The highest BCUT2D eigenvalue weighted by Gasteiger charge is 2.32. The predicted octanol–water partition coefficient (Wildman–Crippen LogP) is 4.28. The Morgan fingerprint density at radius 3 is 2.53 bits per heavy atom. The van der Waals surface area contributed by atoms with E-state index in [1.165, 1.54) is 4.31 Å². The zero-order valence-corrected chi connectivity index (χ0v) is 21.4. The molecular weight excluding hydrogens is 470 g/mol. The van der Waals surface area contributed by atoms with Crippen LogP contribution in [0.15, 0.2) is 69.9 Å². The number of benzene rings is 2. The van der Waals surface area contributed by atoms with Gasteiger partial charge < -0.3 is 14.0 Å². The fraction of sp³-hybridized carbons (Fsp3) is 0.400. The molecule has 7 nitrogen and oxygen atoms in total. The number of methoxy groups -OCH3 is 1. The van der Waals surface area contributed by atoms with Crippen LogP contribution in [0.5, 0.6) is 0 Å². The fourth-order valence-electron chi connectivity index (χ4n) is 4.14. The average molecular weight is 502 g/mol. The van der Waals surface area contributed by atoms with Gasteiger partial charge in [-0.05, 0) is 44.5 Å². The highest BCUT2D eigenvalue weighted by molar-refractivity contribution is 7.89. The molecule has 0 spiro atoms. The molecule has 3 aromatic rings. The Kier molecular flexibility index (Phi) is 8.00. The van der Waals surface area contributed by atoms with Gasteiger partial charge in [0.05, 0.1) is 28.5 Å². The molecule has 1 saturated heterocycles. The van der Waals surface area contributed by atoms with Crippen LogP contribution in [0.2, 0.25) is 0 Å². The number of aromatic nitrogens is 1. The molecule has 0 saturated carbocycles. The largest absolute Gasteiger partial charge is 0.385 e. The quantitative estimate of drug-likeness (QED) is 0.432. The monoisotopic (exact) mass is 501 g/mol. The molecule has 0 amide bonds. The molecule has 0 N–H and O–H groups in total. The summed E-state index contributed by atoms with van der Waals surface area (Å²) in [5.74, 6) is 0. The summed E-state index contributed by atoms with van der Waals surface area (Å²) < 4.78 is 41.5. The molecule has 1 fully saturated rings. The molecule has 1 aliphatic heterocycles. The van der Waals surface area contributed by atoms with Crippen molar-refractivity contribution in [3.05, 3.63) is 64.8 Å². The van der Waals surface area contributed by atoms with E-state index < -0.39 is 10.0 Å². The zero-order valence-electron chi connectivity index (χ0n) is 19.8. The van der Waals surface area contributed by atoms with E-state index in [-0.39, 0.29) is 12.2 Å². The van der Waals surface area contributed by atoms with Gasteiger partial charge in [-0.3, -0.25) is 0 Å². The molecule has 182 valence electrons. The van der Waals surface area contributed by atoms with Crippen LogP contribution in [0.25, 0.3) is 11.3 Å². The van der Waals surface area contributed by atoms with E-state index in [4.69, 9.17) is 14.5 Å². The number of hydrogen-bond donors (Lipinski definition) is 0. The van der Waals surface area contributed by atoms with Crippen molar-refractivity contribution in [3.63, 3.8) is 0 Å². The molecule has 2 aromatic carbocycles. The number of morpholine rings is 1. The summed E-state index contributed by atoms with van der Waals surface area (Å²) in [6.45, 7) is 5.86. The number of thiazole rings is 1. The van der Waals surface area contributed by atoms with Crippen LogP contribution in [-0.2, 0) is 26.0 Å². The molecule has 2 atom stereocenters. The topological polar surface area (TPSA) is 73.1 Å². The smallest absolute Gasteiger partial charge is 0.243 e. The standard InChI is InChI=1S/C25H31N3O4S2/c1-19-16-27(17-20(2)32-19)34(29,30)23-12-7-9-21(15-23)24-18-33-25(28(24)13-8-14-31-3)26-22-10-5-4-6-11-22/h4-7,9-12,15,18-20H,8,13-14,16-17H2,1-3H3. The number of rotatable bonds is 8. The Morgan fingerprint density at radius 1 is 1.09 bits per heavy atom. The second kappa shape index (κ2) is 11.0. The van der Waals surface area contributed by atoms with E-state index in [2.05, 4.69) is 4.57 Å². The van der Waals surface area contributed by atoms with Gasteiger partial charge in [-0.25, -0.2) is 13.4 Å². The number of nitrogens with zero attached hydrogens (tertiary/aromatic N) is 3. The Bertz CT molecular complexity index is 1260. The third kappa shape index (κ3) is 5.67. The summed E-state index contributed by atoms with van der Waals surface area (Å²) in [5, 5.41) is 2.04. The van der Waals surface area contributed by atoms with Gasteiger partial charge in [0.25, 0.3) is 0 Å². The van der Waals surface area contributed by atoms with E-state index in [0.29, 0.717) is 31.1 Å². The molecule has 2 heterocycles. The first-order valence-corrected chi connectivity index (χ1v) is 13.7. The summed E-state index contributed by atoms with van der Waals surface area (Å²) in [4.78, 5) is 5.98. The van der Waals surface area contributed by atoms with Crippen molar-refractivity contribution >= 4 is 27.0 Å². The lowest BCUT2D eigenvalue weighted by Gasteiger charge is -2.34. The summed E-state index contributed by atoms with van der Waals surface area (Å²) in [6.07, 6.45) is 0.552. The predicted molar refractivity (Wildman–Crippen MR) is 135 cm³/mol. The lowest BCUT2D eigenvalue weighted by atomic mass is 10.2. The highest BCUT2D eigenvalue weighted by Crippen LogP contribution is 2.27. The molecule has 9 heteroatoms. The minimum Gasteiger partial charge on any atom is -0.385 e. The Balaban J connectivity index is 1.72. The normalized spacial score (nSPS) is 20.0. The van der Waals surface area contributed by atoms with E-state index in [0.717, 1.165) is 28.2 Å². The lowest BCUT2D eigenvalue weighted by molar-refractivity contribution is -0.0440. The fourth-order valence-corrected chi connectivity index (χ4v) is 6.73. The molecule has 4 rings (SSSR count). The van der Waals surface area contributed by atoms with E-state index in [9.17, 15) is 8.42 Å². The maximum Gasteiger partial charge on any atom is 0.243 e. The van der Waals surface area contributed by atoms with E-state index >= 15 is 0 Å². The molecule has 1 aliphatic rings. The van der Waals surface area contributed by atoms with Gasteiger partial charge >= 0.3 is 0 Å². The van der Waals surface area contributed by atoms with Crippen LogP contribution in [0.3, 0.4) is 0 Å². The molecule has 2 unspecified atom stereocenters. The lowest BCUT2D eigenvalue weighted by Crippen LogP contribution is -2.48. The first-order valence-electron chi connectivity index (χ1n) is 11.4. The van der Waals surface area contributed by atoms with Crippen LogP contribution >= 0.6 is 11.3 Å². The zero-order chi connectivity index (χ0) is 24.1. The first kappa shape index (κ1) is 24.8. The van der Waals surface area contributed by atoms with E-state index in [1.807, 2.05) is 55.6 Å². The number of sulfonamides is 1. The van der Waals surface area contributed by atoms with Crippen LogP contribution < -0.4 is 4.80 Å². The minimum absolute atomic E-state index is 0.135. The van der Waals surface area contributed by atoms with Gasteiger partial charge in [0.2, 0.25) is 10.0 Å². The van der Waals surface area contributed by atoms with Gasteiger partial charge in [-0.1, -0.05) is 30.3 Å². The SMILES string of the molecule is COCCCn1c(-c2cccc(S(=O)(=O)N3CC(C)OC(C)C3)c2)csc1=Nc1ccccc1. The van der Waals surface area contributed by atoms with Crippen molar-refractivity contribution in [2.45, 2.75) is 43.9 Å². The van der Waals surface area contributed by atoms with Gasteiger partial charge in [0.15, 0.2) is 4.80 Å². The number of ether oxygens (including phenoxy) is 2. The summed E-state index contributed by atoms with van der Waals surface area (Å²) in [5.41, 5.74) is 2.67. The number of para-hydroxylation sites is 1. The Hall–Kier alpha value is -2.30. The molecule has 34 heavy (non-hydrogen) atoms. The molecule has 1 aromatic heterocycles. The third-order valence-electron chi connectivity index (χ3n) is 5.66. The maximum atomic E-state index is 13.4. The Morgan fingerprint density at radius 2 is 1.82 bits per heavy atom. The maximum absolute atomic E-state index is 13.4. The van der Waals surface area contributed by atoms with Crippen LogP contribution in [0, 0.1) is 0 Å². The van der Waals surface area contributed by atoms with Crippen LogP contribution in [0.4, 0.5) is 5.69 Å². The van der Waals surface area contributed by atoms with Crippen molar-refractivity contribution < 1.29 is 17.9 Å². The van der Waals surface area contributed by atoms with Crippen molar-refractivity contribution in [2.75, 3.05) is 26.8 Å². The van der Waals surface area contributed by atoms with Crippen LogP contribution in [0.1, 0.15) is 20.3 Å². The average Bonchev–Trinajstić information content (AvgIpc) is 3.21. The first-order chi connectivity index (χ1) is 16.4. The van der Waals surface area contributed by atoms with Gasteiger partial charge in [0.1, 0.15) is 0 Å². The summed E-state index contributed by atoms with van der Waals surface area (Å²) in [6, 6.07) is 17.0. The van der Waals surface area contributed by atoms with Crippen molar-refractivity contribution in [3.8, 4) is 11.3 Å². The second-order valence-electron chi connectivity index (χ2n) is 8.46. The van der Waals surface area contributed by atoms with Gasteiger partial charge in [0, 0.05) is 44.3 Å². The van der Waals surface area contributed by atoms with Crippen molar-refractivity contribution in [1.29, 1.82) is 0 Å². The van der Waals surface area contributed by atoms with E-state index in [1.54, 1.807) is 36.6 Å². The Labute approximate surface area is 205 Å². The minimum atomic E-state index is -3.63. The molecule has 0 radical (unpaired) electrons. The van der Waals surface area contributed by atoms with Crippen LogP contribution in [-0.4, -0.2) is 56.3 Å².